The van der Waals surface area contributed by atoms with Gasteiger partial charge in [0.1, 0.15) is 11.7 Å². The van der Waals surface area contributed by atoms with Crippen molar-refractivity contribution in [2.24, 2.45) is 5.92 Å². The Labute approximate surface area is 191 Å². The Balaban J connectivity index is 1.91. The molecular formula is C21H19Cl2F4N3O2. The highest BCUT2D eigenvalue weighted by molar-refractivity contribution is 6.35. The maximum Gasteiger partial charge on any atom is 0.417 e. The van der Waals surface area contributed by atoms with Crippen LogP contribution in [0.4, 0.5) is 23.2 Å². The molecule has 172 valence electrons. The summed E-state index contributed by atoms with van der Waals surface area (Å²) in [6.45, 7) is 2.60. The monoisotopic (exact) mass is 491 g/mol. The number of anilines is 1. The fraction of sp³-hybridized carbons (Fsp3) is 0.381. The van der Waals surface area contributed by atoms with Crippen LogP contribution in [0.25, 0.3) is 11.3 Å². The Morgan fingerprint density at radius 3 is 2.59 bits per heavy atom. The zero-order chi connectivity index (χ0) is 23.6. The van der Waals surface area contributed by atoms with Crippen LogP contribution in [0.1, 0.15) is 31.7 Å². The van der Waals surface area contributed by atoms with E-state index >= 15 is 0 Å². The first-order valence-electron chi connectivity index (χ1n) is 9.85. The van der Waals surface area contributed by atoms with Crippen LogP contribution >= 0.6 is 23.2 Å². The molecule has 1 aromatic heterocycles. The number of nitrogens with one attached hydrogen (secondary N) is 1. The highest BCUT2D eigenvalue weighted by atomic mass is 35.5. The lowest BCUT2D eigenvalue weighted by Crippen LogP contribution is -2.37. The molecule has 0 radical (unpaired) electrons. The molecule has 32 heavy (non-hydrogen) atoms. The Bertz CT molecular complexity index is 1050. The minimum Gasteiger partial charge on any atom is -0.355 e. The molecule has 1 atom stereocenters. The van der Waals surface area contributed by atoms with Gasteiger partial charge in [-0.1, -0.05) is 36.5 Å². The number of carbonyl (C=O) groups is 2. The molecule has 1 aromatic carbocycles. The van der Waals surface area contributed by atoms with Crippen molar-refractivity contribution in [1.82, 2.24) is 10.3 Å². The number of aromatic nitrogens is 1. The van der Waals surface area contributed by atoms with Crippen molar-refractivity contribution >= 4 is 40.7 Å². The Hall–Kier alpha value is -2.39. The molecule has 2 aromatic rings. The molecule has 0 spiro atoms. The van der Waals surface area contributed by atoms with Gasteiger partial charge in [-0.05, 0) is 31.0 Å². The van der Waals surface area contributed by atoms with Gasteiger partial charge in [0.15, 0.2) is 0 Å². The highest BCUT2D eigenvalue weighted by Gasteiger charge is 2.38. The molecule has 11 heteroatoms. The van der Waals surface area contributed by atoms with Gasteiger partial charge in [-0.15, -0.1) is 0 Å². The van der Waals surface area contributed by atoms with Crippen LogP contribution in [0.2, 0.25) is 10.0 Å². The zero-order valence-electron chi connectivity index (χ0n) is 16.9. The summed E-state index contributed by atoms with van der Waals surface area (Å²) in [5.74, 6) is -2.65. The molecule has 2 heterocycles. The number of benzene rings is 1. The van der Waals surface area contributed by atoms with E-state index in [9.17, 15) is 27.2 Å². The second-order valence-electron chi connectivity index (χ2n) is 7.31. The number of amides is 2. The lowest BCUT2D eigenvalue weighted by atomic mass is 10.1. The van der Waals surface area contributed by atoms with Crippen LogP contribution in [0.5, 0.6) is 0 Å². The smallest absolute Gasteiger partial charge is 0.355 e. The van der Waals surface area contributed by atoms with Gasteiger partial charge in [-0.25, -0.2) is 4.39 Å². The predicted molar refractivity (Wildman–Crippen MR) is 113 cm³/mol. The van der Waals surface area contributed by atoms with E-state index in [0.717, 1.165) is 18.9 Å². The van der Waals surface area contributed by atoms with Crippen molar-refractivity contribution in [3.05, 3.63) is 45.8 Å². The fourth-order valence-electron chi connectivity index (χ4n) is 3.39. The van der Waals surface area contributed by atoms with Crippen molar-refractivity contribution in [3.63, 3.8) is 0 Å². The molecule has 1 aliphatic rings. The van der Waals surface area contributed by atoms with Crippen LogP contribution in [-0.4, -0.2) is 29.9 Å². The third kappa shape index (κ3) is 4.99. The summed E-state index contributed by atoms with van der Waals surface area (Å²) in [5, 5.41) is 2.22. The normalized spacial score (nSPS) is 16.5. The number of hydrogen-bond acceptors (Lipinski definition) is 3. The largest absolute Gasteiger partial charge is 0.417 e. The molecule has 0 bridgehead atoms. The molecule has 0 aliphatic carbocycles. The van der Waals surface area contributed by atoms with Crippen molar-refractivity contribution in [2.45, 2.75) is 32.4 Å². The molecule has 1 saturated heterocycles. The van der Waals surface area contributed by atoms with E-state index in [1.807, 2.05) is 6.92 Å². The van der Waals surface area contributed by atoms with Gasteiger partial charge in [0, 0.05) is 24.8 Å². The van der Waals surface area contributed by atoms with Gasteiger partial charge in [0.25, 0.3) is 0 Å². The van der Waals surface area contributed by atoms with E-state index in [0.29, 0.717) is 18.8 Å². The average Bonchev–Trinajstić information content (AvgIpc) is 3.09. The fourth-order valence-corrected chi connectivity index (χ4v) is 3.91. The third-order valence-corrected chi connectivity index (χ3v) is 5.69. The number of hydrogen-bond donors (Lipinski definition) is 1. The van der Waals surface area contributed by atoms with E-state index in [4.69, 9.17) is 23.2 Å². The van der Waals surface area contributed by atoms with Crippen molar-refractivity contribution in [3.8, 4) is 11.3 Å². The van der Waals surface area contributed by atoms with Crippen molar-refractivity contribution in [2.75, 3.05) is 18.0 Å². The average molecular weight is 492 g/mol. The summed E-state index contributed by atoms with van der Waals surface area (Å²) in [5.41, 5.74) is -1.40. The third-order valence-electron chi connectivity index (χ3n) is 5.10. The summed E-state index contributed by atoms with van der Waals surface area (Å²) >= 11 is 12.1. The molecule has 1 unspecified atom stereocenters. The molecule has 0 saturated carbocycles. The molecule has 1 fully saturated rings. The van der Waals surface area contributed by atoms with Crippen LogP contribution < -0.4 is 10.2 Å². The number of halogens is 6. The number of unbranched alkanes of at least 4 members (excludes halogenated alkanes) is 1. The topological polar surface area (TPSA) is 62.3 Å². The summed E-state index contributed by atoms with van der Waals surface area (Å²) in [6.07, 6.45) is -2.19. The van der Waals surface area contributed by atoms with Crippen LogP contribution in [0.15, 0.2) is 24.4 Å². The number of carbonyl (C=O) groups excluding carboxylic acids is 2. The lowest BCUT2D eigenvalue weighted by molar-refractivity contribution is -0.138. The van der Waals surface area contributed by atoms with Gasteiger partial charge in [0.2, 0.25) is 11.8 Å². The minimum absolute atomic E-state index is 0.0883. The number of nitrogens with zero attached hydrogens (tertiary/aromatic N) is 2. The first-order chi connectivity index (χ1) is 15.0. The second-order valence-corrected chi connectivity index (χ2v) is 8.13. The highest BCUT2D eigenvalue weighted by Crippen LogP contribution is 2.39. The van der Waals surface area contributed by atoms with Gasteiger partial charge in [-0.3, -0.25) is 14.6 Å². The summed E-state index contributed by atoms with van der Waals surface area (Å²) in [4.78, 5) is 30.1. The van der Waals surface area contributed by atoms with Crippen LogP contribution in [0, 0.1) is 11.7 Å². The first-order valence-corrected chi connectivity index (χ1v) is 10.6. The van der Waals surface area contributed by atoms with E-state index in [1.165, 1.54) is 11.0 Å². The summed E-state index contributed by atoms with van der Waals surface area (Å²) < 4.78 is 53.3. The Morgan fingerprint density at radius 2 is 1.97 bits per heavy atom. The van der Waals surface area contributed by atoms with Gasteiger partial charge in [0.05, 0.1) is 27.0 Å². The quantitative estimate of drug-likeness (QED) is 0.330. The minimum atomic E-state index is -4.66. The van der Waals surface area contributed by atoms with E-state index in [1.54, 1.807) is 0 Å². The SMILES string of the molecule is CCCCNC(=O)C1CCN(c2cc(-c3ncc(C(F)(F)F)cc3Cl)c(F)cc2Cl)C1=O. The van der Waals surface area contributed by atoms with Crippen molar-refractivity contribution in [1.29, 1.82) is 0 Å². The molecule has 3 rings (SSSR count). The second kappa shape index (κ2) is 9.62. The zero-order valence-corrected chi connectivity index (χ0v) is 18.4. The summed E-state index contributed by atoms with van der Waals surface area (Å²) in [7, 11) is 0. The van der Waals surface area contributed by atoms with Crippen LogP contribution in [0.3, 0.4) is 0 Å². The first kappa shape index (κ1) is 24.3. The van der Waals surface area contributed by atoms with E-state index in [-0.39, 0.29) is 34.9 Å². The number of pyridine rings is 1. The van der Waals surface area contributed by atoms with E-state index < -0.39 is 40.3 Å². The van der Waals surface area contributed by atoms with Crippen molar-refractivity contribution < 1.29 is 27.2 Å². The molecule has 5 nitrogen and oxygen atoms in total. The Morgan fingerprint density at radius 1 is 1.25 bits per heavy atom. The predicted octanol–water partition coefficient (Wildman–Crippen LogP) is 5.48. The lowest BCUT2D eigenvalue weighted by Gasteiger charge is -2.20. The van der Waals surface area contributed by atoms with Gasteiger partial charge >= 0.3 is 6.18 Å². The summed E-state index contributed by atoms with van der Waals surface area (Å²) in [6, 6.07) is 2.79. The molecular weight excluding hydrogens is 473 g/mol. The molecule has 2 amide bonds. The molecule has 1 N–H and O–H groups in total. The maximum absolute atomic E-state index is 14.6. The number of rotatable bonds is 6. The maximum atomic E-state index is 14.6. The van der Waals surface area contributed by atoms with Crippen LogP contribution in [-0.2, 0) is 15.8 Å². The standard InChI is InChI=1S/C21H19Cl2F4N3O2/c1-2-3-5-28-19(31)12-4-6-30(20(12)32)17-8-13(16(24)9-14(17)22)18-15(23)7-11(10-29-18)21(25,26)27/h7-10,12H,2-6H2,1H3,(H,28,31). The molecule has 1 aliphatic heterocycles. The number of alkyl halides is 3. The van der Waals surface area contributed by atoms with E-state index in [2.05, 4.69) is 10.3 Å². The van der Waals surface area contributed by atoms with Gasteiger partial charge < -0.3 is 10.2 Å². The van der Waals surface area contributed by atoms with Gasteiger partial charge in [-0.2, -0.15) is 13.2 Å². The Kier molecular flexibility index (Phi) is 7.29.